The van der Waals surface area contributed by atoms with E-state index in [0.717, 1.165) is 32.1 Å². The zero-order valence-electron chi connectivity index (χ0n) is 14.0. The highest BCUT2D eigenvalue weighted by atomic mass is 19.2. The van der Waals surface area contributed by atoms with Crippen LogP contribution in [0.3, 0.4) is 0 Å². The van der Waals surface area contributed by atoms with Crippen LogP contribution in [-0.2, 0) is 0 Å². The minimum atomic E-state index is -2.17. The van der Waals surface area contributed by atoms with Crippen molar-refractivity contribution in [1.82, 2.24) is 0 Å². The van der Waals surface area contributed by atoms with Crippen LogP contribution in [0.4, 0.5) is 17.6 Å². The molecule has 0 atom stereocenters. The second kappa shape index (κ2) is 6.18. The largest absolute Gasteiger partial charge is 0.507 e. The Balaban J connectivity index is 2.02. The average molecular weight is 378 g/mol. The Morgan fingerprint density at radius 3 is 1.78 bits per heavy atom. The first kappa shape index (κ1) is 17.7. The number of fused-ring (bicyclic) bond motifs is 2. The van der Waals surface area contributed by atoms with Crippen LogP contribution in [0.25, 0.3) is 0 Å². The second-order valence-electron chi connectivity index (χ2n) is 6.92. The van der Waals surface area contributed by atoms with E-state index in [1.807, 2.05) is 0 Å². The van der Waals surface area contributed by atoms with Crippen LogP contribution in [0.2, 0.25) is 0 Å². The second-order valence-corrected chi connectivity index (χ2v) is 6.92. The fourth-order valence-electron chi connectivity index (χ4n) is 4.14. The average Bonchev–Trinajstić information content (AvgIpc) is 2.67. The molecule has 0 unspecified atom stereocenters. The maximum atomic E-state index is 14.3. The molecular weight excluding hydrogens is 364 g/mol. The molecule has 0 aromatic heterocycles. The molecule has 7 heteroatoms. The van der Waals surface area contributed by atoms with Crippen molar-refractivity contribution < 1.29 is 32.3 Å². The van der Waals surface area contributed by atoms with E-state index in [4.69, 9.17) is 0 Å². The van der Waals surface area contributed by atoms with Gasteiger partial charge >= 0.3 is 0 Å². The third-order valence-corrected chi connectivity index (χ3v) is 5.44. The molecule has 27 heavy (non-hydrogen) atoms. The van der Waals surface area contributed by atoms with Crippen LogP contribution in [0, 0.1) is 23.3 Å². The summed E-state index contributed by atoms with van der Waals surface area (Å²) in [6, 6.07) is 2.70. The van der Waals surface area contributed by atoms with Crippen molar-refractivity contribution in [3.05, 3.63) is 63.2 Å². The zero-order valence-corrected chi connectivity index (χ0v) is 14.0. The van der Waals surface area contributed by atoms with Crippen LogP contribution in [0.1, 0.15) is 75.4 Å². The van der Waals surface area contributed by atoms with Crippen molar-refractivity contribution in [2.45, 2.75) is 38.0 Å². The fraction of sp³-hybridized carbons (Fsp3) is 0.300. The lowest BCUT2D eigenvalue weighted by molar-refractivity contribution is 0.0965. The topological polar surface area (TPSA) is 54.4 Å². The molecule has 0 radical (unpaired) electrons. The van der Waals surface area contributed by atoms with Gasteiger partial charge < -0.3 is 5.11 Å². The van der Waals surface area contributed by atoms with E-state index in [9.17, 15) is 32.3 Å². The van der Waals surface area contributed by atoms with Gasteiger partial charge in [-0.3, -0.25) is 9.59 Å². The molecule has 1 fully saturated rings. The maximum absolute atomic E-state index is 14.3. The minimum absolute atomic E-state index is 0.0930. The summed E-state index contributed by atoms with van der Waals surface area (Å²) in [4.78, 5) is 25.7. The molecule has 0 bridgehead atoms. The summed E-state index contributed by atoms with van der Waals surface area (Å²) in [7, 11) is 0. The van der Waals surface area contributed by atoms with Gasteiger partial charge in [0, 0.05) is 5.56 Å². The highest BCUT2D eigenvalue weighted by Crippen LogP contribution is 2.43. The third-order valence-electron chi connectivity index (χ3n) is 5.44. The fourth-order valence-corrected chi connectivity index (χ4v) is 4.14. The van der Waals surface area contributed by atoms with Crippen molar-refractivity contribution in [3.63, 3.8) is 0 Å². The Bertz CT molecular complexity index is 1010. The number of carbonyl (C=O) groups excluding carboxylic acids is 2. The zero-order chi connectivity index (χ0) is 19.5. The lowest BCUT2D eigenvalue weighted by Gasteiger charge is -2.28. The Kier molecular flexibility index (Phi) is 4.05. The van der Waals surface area contributed by atoms with E-state index in [1.54, 1.807) is 0 Å². The molecule has 0 heterocycles. The van der Waals surface area contributed by atoms with E-state index >= 15 is 0 Å². The molecule has 4 rings (SSSR count). The summed E-state index contributed by atoms with van der Waals surface area (Å²) in [5, 5.41) is 10.1. The van der Waals surface area contributed by atoms with Gasteiger partial charge in [-0.1, -0.05) is 25.3 Å². The quantitative estimate of drug-likeness (QED) is 0.377. The van der Waals surface area contributed by atoms with Crippen molar-refractivity contribution >= 4 is 11.6 Å². The Morgan fingerprint density at radius 1 is 0.704 bits per heavy atom. The smallest absolute Gasteiger partial charge is 0.201 e. The number of rotatable bonds is 1. The molecule has 0 amide bonds. The first-order chi connectivity index (χ1) is 12.8. The lowest BCUT2D eigenvalue weighted by atomic mass is 9.75. The highest BCUT2D eigenvalue weighted by molar-refractivity contribution is 6.30. The number of aromatic hydroxyl groups is 1. The van der Waals surface area contributed by atoms with E-state index < -0.39 is 57.3 Å². The molecule has 1 saturated carbocycles. The van der Waals surface area contributed by atoms with Gasteiger partial charge in [-0.25, -0.2) is 17.6 Å². The van der Waals surface area contributed by atoms with Crippen molar-refractivity contribution in [1.29, 1.82) is 0 Å². The molecular formula is C20H14F4O3. The summed E-state index contributed by atoms with van der Waals surface area (Å²) >= 11 is 0. The lowest BCUT2D eigenvalue weighted by Crippen LogP contribution is -2.28. The molecule has 0 saturated heterocycles. The number of ketones is 2. The minimum Gasteiger partial charge on any atom is -0.507 e. The molecule has 0 spiro atoms. The van der Waals surface area contributed by atoms with Gasteiger partial charge in [-0.2, -0.15) is 0 Å². The summed E-state index contributed by atoms with van der Waals surface area (Å²) in [5.41, 5.74) is -2.59. The van der Waals surface area contributed by atoms with Crippen LogP contribution in [0.15, 0.2) is 12.1 Å². The van der Waals surface area contributed by atoms with Gasteiger partial charge in [0.05, 0.1) is 16.7 Å². The highest BCUT2D eigenvalue weighted by Gasteiger charge is 2.42. The Labute approximate surface area is 151 Å². The van der Waals surface area contributed by atoms with E-state index in [1.165, 1.54) is 12.1 Å². The SMILES string of the molecule is O=C1c2c(O)ccc(C3CCCCC3)c2C(=O)c2c(F)c(F)c(F)c(F)c21. The molecule has 140 valence electrons. The monoisotopic (exact) mass is 378 g/mol. The number of benzene rings is 2. The van der Waals surface area contributed by atoms with Crippen LogP contribution in [0.5, 0.6) is 5.75 Å². The predicted molar refractivity (Wildman–Crippen MR) is 87.1 cm³/mol. The van der Waals surface area contributed by atoms with Crippen LogP contribution >= 0.6 is 0 Å². The van der Waals surface area contributed by atoms with Crippen LogP contribution in [-0.4, -0.2) is 16.7 Å². The molecule has 2 aromatic carbocycles. The van der Waals surface area contributed by atoms with Gasteiger partial charge in [0.25, 0.3) is 0 Å². The predicted octanol–water partition coefficient (Wildman–Crippen LogP) is 4.77. The molecule has 2 aromatic rings. The van der Waals surface area contributed by atoms with Crippen molar-refractivity contribution in [2.24, 2.45) is 0 Å². The summed E-state index contributed by atoms with van der Waals surface area (Å²) in [5.74, 6) is -11.2. The molecule has 2 aliphatic rings. The van der Waals surface area contributed by atoms with Gasteiger partial charge in [-0.05, 0) is 30.4 Å². The number of hydrogen-bond acceptors (Lipinski definition) is 3. The van der Waals surface area contributed by atoms with E-state index in [2.05, 4.69) is 0 Å². The van der Waals surface area contributed by atoms with Gasteiger partial charge in [0.15, 0.2) is 29.1 Å². The molecule has 0 aliphatic heterocycles. The Hall–Kier alpha value is -2.70. The number of phenols is 1. The number of phenolic OH excluding ortho intramolecular Hbond substituents is 1. The van der Waals surface area contributed by atoms with E-state index in [0.29, 0.717) is 5.56 Å². The standard InChI is InChI=1S/C20H14F4O3/c21-15-13-14(16(22)18(24)17(15)23)20(27)12-10(25)7-6-9(11(12)19(13)26)8-4-2-1-3-5-8/h6-8,25H,1-5H2. The summed E-state index contributed by atoms with van der Waals surface area (Å²) in [6.07, 6.45) is 4.31. The van der Waals surface area contributed by atoms with Gasteiger partial charge in [-0.15, -0.1) is 0 Å². The van der Waals surface area contributed by atoms with E-state index in [-0.39, 0.29) is 11.5 Å². The number of carbonyl (C=O) groups is 2. The Morgan fingerprint density at radius 2 is 1.22 bits per heavy atom. The third kappa shape index (κ3) is 2.40. The molecule has 2 aliphatic carbocycles. The maximum Gasteiger partial charge on any atom is 0.201 e. The molecule has 3 nitrogen and oxygen atoms in total. The first-order valence-corrected chi connectivity index (χ1v) is 8.65. The van der Waals surface area contributed by atoms with Crippen LogP contribution < -0.4 is 0 Å². The normalized spacial score (nSPS) is 17.0. The summed E-state index contributed by atoms with van der Waals surface area (Å²) < 4.78 is 55.8. The van der Waals surface area contributed by atoms with Crippen molar-refractivity contribution in [2.75, 3.05) is 0 Å². The first-order valence-electron chi connectivity index (χ1n) is 8.65. The number of hydrogen-bond donors (Lipinski definition) is 1. The van der Waals surface area contributed by atoms with Gasteiger partial charge in [0.1, 0.15) is 5.75 Å². The van der Waals surface area contributed by atoms with Gasteiger partial charge in [0.2, 0.25) is 5.78 Å². The molecule has 1 N–H and O–H groups in total. The summed E-state index contributed by atoms with van der Waals surface area (Å²) in [6.45, 7) is 0. The number of halogens is 4. The van der Waals surface area contributed by atoms with Crippen molar-refractivity contribution in [3.8, 4) is 5.75 Å².